The topological polar surface area (TPSA) is 86.2 Å². The molecule has 0 spiro atoms. The van der Waals surface area contributed by atoms with Gasteiger partial charge in [0.2, 0.25) is 17.8 Å². The zero-order valence-electron chi connectivity index (χ0n) is 12.5. The summed E-state index contributed by atoms with van der Waals surface area (Å²) < 4.78 is 0. The van der Waals surface area contributed by atoms with E-state index < -0.39 is 0 Å². The summed E-state index contributed by atoms with van der Waals surface area (Å²) in [5.74, 6) is 1.77. The summed E-state index contributed by atoms with van der Waals surface area (Å²) in [6.45, 7) is 8.70. The van der Waals surface area contributed by atoms with Gasteiger partial charge in [0.05, 0.1) is 12.1 Å². The standard InChI is InChI=1S/C13H24N6O/c1-4-14-10-15-11(18-13(9-20)7-8-13)17-12(16-10)19(5-2)6-3/h20H,4-9H2,1-3H3,(H2,14,15,16,17,18). The maximum atomic E-state index is 9.40. The van der Waals surface area contributed by atoms with E-state index >= 15 is 0 Å². The van der Waals surface area contributed by atoms with Gasteiger partial charge in [-0.2, -0.15) is 15.0 Å². The third-order valence-corrected chi connectivity index (χ3v) is 3.54. The van der Waals surface area contributed by atoms with Crippen molar-refractivity contribution in [2.45, 2.75) is 39.2 Å². The summed E-state index contributed by atoms with van der Waals surface area (Å²) in [4.78, 5) is 15.3. The molecule has 7 nitrogen and oxygen atoms in total. The Bertz CT molecular complexity index is 444. The molecule has 0 aliphatic heterocycles. The molecule has 3 N–H and O–H groups in total. The molecule has 7 heteroatoms. The van der Waals surface area contributed by atoms with Gasteiger partial charge in [-0.15, -0.1) is 0 Å². The van der Waals surface area contributed by atoms with Crippen LogP contribution in [0.5, 0.6) is 0 Å². The van der Waals surface area contributed by atoms with Crippen LogP contribution >= 0.6 is 0 Å². The minimum absolute atomic E-state index is 0.107. The highest BCUT2D eigenvalue weighted by Gasteiger charge is 2.42. The van der Waals surface area contributed by atoms with E-state index in [1.54, 1.807) is 0 Å². The second kappa shape index (κ2) is 6.21. The Labute approximate surface area is 119 Å². The number of rotatable bonds is 8. The van der Waals surface area contributed by atoms with Crippen molar-refractivity contribution in [2.75, 3.05) is 41.8 Å². The van der Waals surface area contributed by atoms with Crippen LogP contribution < -0.4 is 15.5 Å². The maximum Gasteiger partial charge on any atom is 0.231 e. The smallest absolute Gasteiger partial charge is 0.231 e. The van der Waals surface area contributed by atoms with E-state index in [2.05, 4.69) is 44.3 Å². The van der Waals surface area contributed by atoms with Gasteiger partial charge in [-0.05, 0) is 33.6 Å². The van der Waals surface area contributed by atoms with Crippen molar-refractivity contribution in [3.05, 3.63) is 0 Å². The van der Waals surface area contributed by atoms with Crippen molar-refractivity contribution in [3.8, 4) is 0 Å². The molecule has 0 radical (unpaired) electrons. The zero-order valence-corrected chi connectivity index (χ0v) is 12.5. The molecule has 1 fully saturated rings. The summed E-state index contributed by atoms with van der Waals surface area (Å²) in [5.41, 5.74) is -0.231. The monoisotopic (exact) mass is 280 g/mol. The second-order valence-corrected chi connectivity index (χ2v) is 5.05. The summed E-state index contributed by atoms with van der Waals surface area (Å²) in [7, 11) is 0. The summed E-state index contributed by atoms with van der Waals surface area (Å²) in [6.07, 6.45) is 1.90. The minimum Gasteiger partial charge on any atom is -0.394 e. The van der Waals surface area contributed by atoms with Crippen molar-refractivity contribution in [1.29, 1.82) is 0 Å². The summed E-state index contributed by atoms with van der Waals surface area (Å²) in [5, 5.41) is 15.8. The van der Waals surface area contributed by atoms with Crippen LogP contribution in [0.2, 0.25) is 0 Å². The summed E-state index contributed by atoms with van der Waals surface area (Å²) >= 11 is 0. The van der Waals surface area contributed by atoms with Crippen LogP contribution in [0.1, 0.15) is 33.6 Å². The third-order valence-electron chi connectivity index (χ3n) is 3.54. The number of hydrogen-bond acceptors (Lipinski definition) is 7. The SMILES string of the molecule is CCNc1nc(NC2(CO)CC2)nc(N(CC)CC)n1. The molecule has 20 heavy (non-hydrogen) atoms. The lowest BCUT2D eigenvalue weighted by atomic mass is 10.3. The Morgan fingerprint density at radius 1 is 1.10 bits per heavy atom. The zero-order chi connectivity index (χ0) is 14.6. The fourth-order valence-corrected chi connectivity index (χ4v) is 2.02. The molecule has 1 saturated carbocycles. The van der Waals surface area contributed by atoms with Crippen LogP contribution in [-0.2, 0) is 0 Å². The maximum absolute atomic E-state index is 9.40. The van der Waals surface area contributed by atoms with E-state index in [1.807, 2.05) is 6.92 Å². The van der Waals surface area contributed by atoms with Gasteiger partial charge in [0.25, 0.3) is 0 Å². The Morgan fingerprint density at radius 3 is 2.25 bits per heavy atom. The fourth-order valence-electron chi connectivity index (χ4n) is 2.02. The van der Waals surface area contributed by atoms with Crippen LogP contribution in [0.4, 0.5) is 17.8 Å². The Balaban J connectivity index is 2.25. The first kappa shape index (κ1) is 14.8. The van der Waals surface area contributed by atoms with Crippen LogP contribution in [0.25, 0.3) is 0 Å². The molecular weight excluding hydrogens is 256 g/mol. The highest BCUT2D eigenvalue weighted by Crippen LogP contribution is 2.37. The molecule has 1 aliphatic rings. The number of nitrogens with one attached hydrogen (secondary N) is 2. The van der Waals surface area contributed by atoms with Crippen molar-refractivity contribution < 1.29 is 5.11 Å². The normalized spacial score (nSPS) is 15.8. The van der Waals surface area contributed by atoms with Crippen molar-refractivity contribution >= 4 is 17.8 Å². The minimum atomic E-state index is -0.231. The van der Waals surface area contributed by atoms with Crippen molar-refractivity contribution in [3.63, 3.8) is 0 Å². The first-order valence-corrected chi connectivity index (χ1v) is 7.30. The van der Waals surface area contributed by atoms with E-state index in [0.717, 1.165) is 32.5 Å². The molecule has 1 aliphatic carbocycles. The largest absolute Gasteiger partial charge is 0.394 e. The number of aliphatic hydroxyl groups is 1. The number of aromatic nitrogens is 3. The van der Waals surface area contributed by atoms with Gasteiger partial charge in [0.15, 0.2) is 0 Å². The molecule has 1 aromatic heterocycles. The highest BCUT2D eigenvalue weighted by molar-refractivity contribution is 5.46. The number of nitrogens with zero attached hydrogens (tertiary/aromatic N) is 4. The molecule has 1 heterocycles. The van der Waals surface area contributed by atoms with E-state index in [9.17, 15) is 5.11 Å². The van der Waals surface area contributed by atoms with E-state index in [0.29, 0.717) is 17.8 Å². The Kier molecular flexibility index (Phi) is 4.59. The molecule has 0 unspecified atom stereocenters. The van der Waals surface area contributed by atoms with Gasteiger partial charge in [-0.25, -0.2) is 0 Å². The van der Waals surface area contributed by atoms with Crippen LogP contribution in [-0.4, -0.2) is 51.8 Å². The predicted molar refractivity (Wildman–Crippen MR) is 80.2 cm³/mol. The highest BCUT2D eigenvalue weighted by atomic mass is 16.3. The predicted octanol–water partition coefficient (Wildman–Crippen LogP) is 1.09. The third kappa shape index (κ3) is 3.27. The second-order valence-electron chi connectivity index (χ2n) is 5.05. The average molecular weight is 280 g/mol. The lowest BCUT2D eigenvalue weighted by Crippen LogP contribution is -2.29. The average Bonchev–Trinajstić information content (AvgIpc) is 3.21. The molecule has 0 atom stereocenters. The van der Waals surface area contributed by atoms with Crippen LogP contribution in [0, 0.1) is 0 Å². The molecule has 1 aromatic rings. The Hall–Kier alpha value is -1.63. The lowest BCUT2D eigenvalue weighted by molar-refractivity contribution is 0.265. The van der Waals surface area contributed by atoms with Gasteiger partial charge in [-0.1, -0.05) is 0 Å². The van der Waals surface area contributed by atoms with Crippen molar-refractivity contribution in [2.24, 2.45) is 0 Å². The van der Waals surface area contributed by atoms with Gasteiger partial charge in [0.1, 0.15) is 0 Å². The first-order valence-electron chi connectivity index (χ1n) is 7.30. The number of hydrogen-bond donors (Lipinski definition) is 3. The molecule has 2 rings (SSSR count). The van der Waals surface area contributed by atoms with E-state index in [-0.39, 0.29) is 12.1 Å². The van der Waals surface area contributed by atoms with E-state index in [4.69, 9.17) is 0 Å². The van der Waals surface area contributed by atoms with Crippen LogP contribution in [0.3, 0.4) is 0 Å². The molecule has 0 aromatic carbocycles. The lowest BCUT2D eigenvalue weighted by Gasteiger charge is -2.21. The van der Waals surface area contributed by atoms with Crippen LogP contribution in [0.15, 0.2) is 0 Å². The molecule has 112 valence electrons. The van der Waals surface area contributed by atoms with E-state index in [1.165, 1.54) is 0 Å². The van der Waals surface area contributed by atoms with Crippen molar-refractivity contribution in [1.82, 2.24) is 15.0 Å². The first-order chi connectivity index (χ1) is 9.66. The number of aliphatic hydroxyl groups excluding tert-OH is 1. The molecule has 0 saturated heterocycles. The van der Waals surface area contributed by atoms with Gasteiger partial charge in [-0.3, -0.25) is 0 Å². The van der Waals surface area contributed by atoms with Gasteiger partial charge >= 0.3 is 0 Å². The van der Waals surface area contributed by atoms with Gasteiger partial charge in [0, 0.05) is 19.6 Å². The molecule has 0 bridgehead atoms. The fraction of sp³-hybridized carbons (Fsp3) is 0.769. The Morgan fingerprint density at radius 2 is 1.75 bits per heavy atom. The number of anilines is 3. The quantitative estimate of drug-likeness (QED) is 0.657. The molecule has 0 amide bonds. The summed E-state index contributed by atoms with van der Waals surface area (Å²) in [6, 6.07) is 0. The molecular formula is C13H24N6O. The van der Waals surface area contributed by atoms with Gasteiger partial charge < -0.3 is 20.6 Å².